The van der Waals surface area contributed by atoms with Gasteiger partial charge in [-0.2, -0.15) is 5.48 Å². The van der Waals surface area contributed by atoms with Gasteiger partial charge in [0.2, 0.25) is 5.91 Å². The van der Waals surface area contributed by atoms with E-state index in [0.29, 0.717) is 6.42 Å². The third-order valence-corrected chi connectivity index (χ3v) is 4.12. The molecule has 1 aliphatic rings. The lowest BCUT2D eigenvalue weighted by molar-refractivity contribution is -0.126. The molecular weight excluding hydrogens is 220 g/mol. The van der Waals surface area contributed by atoms with E-state index in [1.807, 2.05) is 0 Å². The van der Waals surface area contributed by atoms with Crippen LogP contribution < -0.4 is 11.2 Å². The van der Waals surface area contributed by atoms with Crippen molar-refractivity contribution in [1.29, 1.82) is 0 Å². The largest absolute Gasteiger partial charge is 0.368 e. The van der Waals surface area contributed by atoms with Crippen LogP contribution in [0, 0.1) is 0 Å². The molecule has 2 unspecified atom stereocenters. The molecule has 6 nitrogen and oxygen atoms in total. The number of primary amides is 1. The van der Waals surface area contributed by atoms with Gasteiger partial charge in [0.25, 0.3) is 0 Å². The predicted molar refractivity (Wildman–Crippen MR) is 54.6 cm³/mol. The molecule has 0 spiro atoms. The molecule has 0 aromatic carbocycles. The van der Waals surface area contributed by atoms with E-state index in [-0.39, 0.29) is 12.6 Å². The second-order valence-corrected chi connectivity index (χ2v) is 6.04. The van der Waals surface area contributed by atoms with Crippen LogP contribution in [-0.4, -0.2) is 38.5 Å². The first-order valence-corrected chi connectivity index (χ1v) is 6.71. The summed E-state index contributed by atoms with van der Waals surface area (Å²) in [6.45, 7) is -0.243. The summed E-state index contributed by atoms with van der Waals surface area (Å²) in [6.07, 6.45) is 3.42. The number of hydroxylamine groups is 1. The number of carbonyl (C=O) groups excluding carboxylic acids is 1. The smallest absolute Gasteiger partial charge is 0.245 e. The molecule has 0 heterocycles. The van der Waals surface area contributed by atoms with Gasteiger partial charge in [0.15, 0.2) is 9.84 Å². The Balaban J connectivity index is 2.44. The van der Waals surface area contributed by atoms with E-state index in [9.17, 15) is 13.2 Å². The first kappa shape index (κ1) is 12.4. The van der Waals surface area contributed by atoms with Crippen molar-refractivity contribution < 1.29 is 18.0 Å². The Bertz CT molecular complexity index is 328. The normalized spacial score (nSPS) is 26.7. The van der Waals surface area contributed by atoms with Gasteiger partial charge in [-0.1, -0.05) is 6.42 Å². The highest BCUT2D eigenvalue weighted by molar-refractivity contribution is 7.91. The molecular formula is C8H16N2O4S. The summed E-state index contributed by atoms with van der Waals surface area (Å²) < 4.78 is 22.7. The third-order valence-electron chi connectivity index (χ3n) is 2.45. The molecule has 3 N–H and O–H groups in total. The Kier molecular flexibility index (Phi) is 4.06. The Morgan fingerprint density at radius 1 is 1.53 bits per heavy atom. The Labute approximate surface area is 89.0 Å². The van der Waals surface area contributed by atoms with Crippen LogP contribution in [0.5, 0.6) is 0 Å². The van der Waals surface area contributed by atoms with E-state index in [4.69, 9.17) is 10.6 Å². The topological polar surface area (TPSA) is 98.5 Å². The summed E-state index contributed by atoms with van der Waals surface area (Å²) in [4.78, 5) is 15.2. The number of rotatable bonds is 5. The van der Waals surface area contributed by atoms with Crippen molar-refractivity contribution in [2.75, 3.05) is 12.9 Å². The molecule has 0 aromatic rings. The number of hydrogen-bond acceptors (Lipinski definition) is 5. The zero-order valence-electron chi connectivity index (χ0n) is 8.60. The zero-order valence-corrected chi connectivity index (χ0v) is 9.42. The van der Waals surface area contributed by atoms with Crippen molar-refractivity contribution in [3.8, 4) is 0 Å². The summed E-state index contributed by atoms with van der Waals surface area (Å²) in [6, 6.07) is -0.237. The van der Waals surface area contributed by atoms with Crippen molar-refractivity contribution in [2.45, 2.75) is 30.6 Å². The van der Waals surface area contributed by atoms with Gasteiger partial charge in [-0.25, -0.2) is 8.42 Å². The first-order chi connectivity index (χ1) is 6.91. The van der Waals surface area contributed by atoms with Gasteiger partial charge < -0.3 is 5.73 Å². The molecule has 1 saturated carbocycles. The summed E-state index contributed by atoms with van der Waals surface area (Å²) in [5.74, 6) is -0.587. The molecule has 15 heavy (non-hydrogen) atoms. The molecule has 1 rings (SSSR count). The lowest BCUT2D eigenvalue weighted by Gasteiger charge is -2.18. The molecule has 1 aliphatic carbocycles. The third kappa shape index (κ3) is 3.77. The average molecular weight is 236 g/mol. The maximum absolute atomic E-state index is 11.4. The van der Waals surface area contributed by atoms with E-state index >= 15 is 0 Å². The molecule has 0 aliphatic heterocycles. The summed E-state index contributed by atoms with van der Waals surface area (Å²) in [5, 5.41) is -0.426. The Morgan fingerprint density at radius 3 is 2.73 bits per heavy atom. The standard InChI is InChI=1S/C8H16N2O4S/c1-15(12,13)7-4-2-3-6(7)10-14-5-8(9)11/h6-7,10H,2-5H2,1H3,(H2,9,11). The lowest BCUT2D eigenvalue weighted by Crippen LogP contribution is -2.41. The van der Waals surface area contributed by atoms with Crippen LogP contribution in [0.4, 0.5) is 0 Å². The second kappa shape index (κ2) is 4.91. The van der Waals surface area contributed by atoms with E-state index in [1.54, 1.807) is 0 Å². The highest BCUT2D eigenvalue weighted by Crippen LogP contribution is 2.24. The van der Waals surface area contributed by atoms with Crippen molar-refractivity contribution in [1.82, 2.24) is 5.48 Å². The summed E-state index contributed by atoms with van der Waals surface area (Å²) >= 11 is 0. The number of nitrogens with one attached hydrogen (secondary N) is 1. The van der Waals surface area contributed by atoms with Crippen LogP contribution >= 0.6 is 0 Å². The molecule has 7 heteroatoms. The fourth-order valence-corrected chi connectivity index (χ4v) is 3.18. The van der Waals surface area contributed by atoms with Crippen LogP contribution in [0.3, 0.4) is 0 Å². The zero-order chi connectivity index (χ0) is 11.5. The van der Waals surface area contributed by atoms with Gasteiger partial charge >= 0.3 is 0 Å². The van der Waals surface area contributed by atoms with E-state index in [2.05, 4.69) is 5.48 Å². The summed E-state index contributed by atoms with van der Waals surface area (Å²) in [7, 11) is -3.06. The molecule has 0 aromatic heterocycles. The number of amides is 1. The Hall–Kier alpha value is -0.660. The fraction of sp³-hybridized carbons (Fsp3) is 0.875. The molecule has 1 amide bonds. The van der Waals surface area contributed by atoms with Crippen LogP contribution in [0.1, 0.15) is 19.3 Å². The van der Waals surface area contributed by atoms with Gasteiger partial charge in [-0.3, -0.25) is 9.63 Å². The van der Waals surface area contributed by atoms with E-state index in [1.165, 1.54) is 6.26 Å². The number of hydrogen-bond donors (Lipinski definition) is 2. The van der Waals surface area contributed by atoms with Gasteiger partial charge in [0.05, 0.1) is 5.25 Å². The molecule has 2 atom stereocenters. The lowest BCUT2D eigenvalue weighted by atomic mass is 10.3. The maximum Gasteiger partial charge on any atom is 0.245 e. The Morgan fingerprint density at radius 2 is 2.20 bits per heavy atom. The minimum Gasteiger partial charge on any atom is -0.368 e. The van der Waals surface area contributed by atoms with E-state index in [0.717, 1.165) is 12.8 Å². The molecule has 0 bridgehead atoms. The van der Waals surface area contributed by atoms with Gasteiger partial charge in [0, 0.05) is 12.3 Å². The van der Waals surface area contributed by atoms with Crippen molar-refractivity contribution in [3.05, 3.63) is 0 Å². The first-order valence-electron chi connectivity index (χ1n) is 4.75. The van der Waals surface area contributed by atoms with E-state index < -0.39 is 21.0 Å². The molecule has 1 fully saturated rings. The van der Waals surface area contributed by atoms with Crippen molar-refractivity contribution in [2.24, 2.45) is 5.73 Å². The second-order valence-electron chi connectivity index (χ2n) is 3.78. The molecule has 0 radical (unpaired) electrons. The van der Waals surface area contributed by atoms with Crippen LogP contribution in [0.15, 0.2) is 0 Å². The maximum atomic E-state index is 11.4. The van der Waals surface area contributed by atoms with Crippen molar-refractivity contribution in [3.63, 3.8) is 0 Å². The van der Waals surface area contributed by atoms with Gasteiger partial charge in [-0.05, 0) is 12.8 Å². The number of carbonyl (C=O) groups is 1. The minimum atomic E-state index is -3.06. The van der Waals surface area contributed by atoms with Crippen LogP contribution in [0.25, 0.3) is 0 Å². The number of nitrogens with two attached hydrogens (primary N) is 1. The SMILES string of the molecule is CS(=O)(=O)C1CCCC1NOCC(N)=O. The van der Waals surface area contributed by atoms with Crippen molar-refractivity contribution >= 4 is 15.7 Å². The van der Waals surface area contributed by atoms with Crippen LogP contribution in [0.2, 0.25) is 0 Å². The minimum absolute atomic E-state index is 0.237. The highest BCUT2D eigenvalue weighted by Gasteiger charge is 2.34. The van der Waals surface area contributed by atoms with Gasteiger partial charge in [-0.15, -0.1) is 0 Å². The number of sulfone groups is 1. The molecule has 0 saturated heterocycles. The quantitative estimate of drug-likeness (QED) is 0.594. The van der Waals surface area contributed by atoms with Gasteiger partial charge in [0.1, 0.15) is 6.61 Å². The predicted octanol–water partition coefficient (Wildman–Crippen LogP) is -1.04. The summed E-state index contributed by atoms with van der Waals surface area (Å²) in [5.41, 5.74) is 7.47. The monoisotopic (exact) mass is 236 g/mol. The molecule has 88 valence electrons. The fourth-order valence-electron chi connectivity index (χ4n) is 1.79. The average Bonchev–Trinajstić information content (AvgIpc) is 2.50. The highest BCUT2D eigenvalue weighted by atomic mass is 32.2. The van der Waals surface area contributed by atoms with Crippen LogP contribution in [-0.2, 0) is 19.5 Å².